The SMILES string of the molecule is COc1ccccc1C(=O)N=Nc1c(O)n(CN2CCCC[C@H]2c2cccnc2)c2ccccc12. The van der Waals surface area contributed by atoms with Crippen molar-refractivity contribution in [2.24, 2.45) is 10.2 Å². The molecule has 1 saturated heterocycles. The Bertz CT molecular complexity index is 1370. The number of para-hydroxylation sites is 2. The quantitative estimate of drug-likeness (QED) is 0.357. The van der Waals surface area contributed by atoms with Crippen LogP contribution in [-0.2, 0) is 6.67 Å². The Balaban J connectivity index is 1.48. The first kappa shape index (κ1) is 22.7. The van der Waals surface area contributed by atoms with Gasteiger partial charge in [-0.2, -0.15) is 0 Å². The Hall–Kier alpha value is -4.04. The lowest BCUT2D eigenvalue weighted by Gasteiger charge is -2.36. The average molecular weight is 470 g/mol. The number of amides is 1. The summed E-state index contributed by atoms with van der Waals surface area (Å²) >= 11 is 0. The zero-order valence-corrected chi connectivity index (χ0v) is 19.5. The molecule has 3 heterocycles. The van der Waals surface area contributed by atoms with E-state index in [1.54, 1.807) is 30.5 Å². The van der Waals surface area contributed by atoms with Crippen LogP contribution < -0.4 is 4.74 Å². The van der Waals surface area contributed by atoms with Crippen molar-refractivity contribution in [3.05, 3.63) is 84.2 Å². The maximum Gasteiger partial charge on any atom is 0.299 e. The number of likely N-dealkylation sites (tertiary alicyclic amines) is 1. The van der Waals surface area contributed by atoms with Gasteiger partial charge in [0.05, 0.1) is 24.9 Å². The number of carbonyl (C=O) groups is 1. The normalized spacial score (nSPS) is 16.7. The maximum atomic E-state index is 12.7. The molecule has 8 heteroatoms. The number of azo groups is 1. The summed E-state index contributed by atoms with van der Waals surface area (Å²) in [6.07, 6.45) is 6.98. The number of methoxy groups -OCH3 is 1. The largest absolute Gasteiger partial charge is 0.496 e. The van der Waals surface area contributed by atoms with E-state index >= 15 is 0 Å². The molecule has 0 aliphatic carbocycles. The van der Waals surface area contributed by atoms with Gasteiger partial charge in [0.2, 0.25) is 5.88 Å². The van der Waals surface area contributed by atoms with Crippen LogP contribution in [0.15, 0.2) is 83.3 Å². The molecule has 5 rings (SSSR count). The van der Waals surface area contributed by atoms with Gasteiger partial charge in [0, 0.05) is 30.4 Å². The van der Waals surface area contributed by atoms with E-state index in [2.05, 4.69) is 26.2 Å². The number of pyridine rings is 1. The predicted octanol–water partition coefficient (Wildman–Crippen LogP) is 5.86. The van der Waals surface area contributed by atoms with Gasteiger partial charge in [-0.05, 0) is 42.7 Å². The minimum Gasteiger partial charge on any atom is -0.496 e. The summed E-state index contributed by atoms with van der Waals surface area (Å²) in [4.78, 5) is 19.4. The standard InChI is InChI=1S/C27H27N5O3/c1-35-24-14-5-3-11-21(24)26(33)30-29-25-20-10-2-4-13-23(20)32(27(25)34)18-31-16-7-6-12-22(31)19-9-8-15-28-17-19/h2-5,8-11,13-15,17,22,34H,6-7,12,16,18H2,1H3/t22-/m0/s1. The molecule has 1 aliphatic heterocycles. The average Bonchev–Trinajstić information content (AvgIpc) is 3.18. The summed E-state index contributed by atoms with van der Waals surface area (Å²) in [7, 11) is 1.50. The van der Waals surface area contributed by atoms with Gasteiger partial charge in [-0.1, -0.05) is 42.8 Å². The van der Waals surface area contributed by atoms with Crippen LogP contribution in [0.1, 0.15) is 41.2 Å². The fourth-order valence-corrected chi connectivity index (χ4v) is 4.78. The number of hydrogen-bond acceptors (Lipinski definition) is 6. The fourth-order valence-electron chi connectivity index (χ4n) is 4.78. The highest BCUT2D eigenvalue weighted by Gasteiger charge is 2.27. The van der Waals surface area contributed by atoms with Crippen LogP contribution in [0.5, 0.6) is 11.6 Å². The van der Waals surface area contributed by atoms with Crippen LogP contribution in [0.2, 0.25) is 0 Å². The van der Waals surface area contributed by atoms with Gasteiger partial charge in [0.15, 0.2) is 5.69 Å². The smallest absolute Gasteiger partial charge is 0.299 e. The zero-order chi connectivity index (χ0) is 24.2. The number of nitrogens with zero attached hydrogens (tertiary/aromatic N) is 5. The molecule has 4 aromatic rings. The first-order valence-corrected chi connectivity index (χ1v) is 11.7. The molecule has 0 saturated carbocycles. The Morgan fingerprint density at radius 3 is 2.77 bits per heavy atom. The number of piperidine rings is 1. The van der Waals surface area contributed by atoms with E-state index in [9.17, 15) is 9.90 Å². The second-order valence-corrected chi connectivity index (χ2v) is 8.57. The van der Waals surface area contributed by atoms with E-state index < -0.39 is 5.91 Å². The lowest BCUT2D eigenvalue weighted by atomic mass is 9.97. The summed E-state index contributed by atoms with van der Waals surface area (Å²) in [5, 5.41) is 20.1. The molecule has 1 N–H and O–H groups in total. The summed E-state index contributed by atoms with van der Waals surface area (Å²) in [6.45, 7) is 1.40. The number of hydrogen-bond donors (Lipinski definition) is 1. The van der Waals surface area contributed by atoms with Gasteiger partial charge in [-0.25, -0.2) is 0 Å². The number of benzene rings is 2. The minimum atomic E-state index is -0.536. The Labute approximate surface area is 203 Å². The van der Waals surface area contributed by atoms with Crippen LogP contribution >= 0.6 is 0 Å². The van der Waals surface area contributed by atoms with Crippen molar-refractivity contribution in [1.29, 1.82) is 0 Å². The van der Waals surface area contributed by atoms with Crippen molar-refractivity contribution >= 4 is 22.5 Å². The third kappa shape index (κ3) is 4.52. The Morgan fingerprint density at radius 1 is 1.11 bits per heavy atom. The van der Waals surface area contributed by atoms with Crippen LogP contribution in [0.3, 0.4) is 0 Å². The second-order valence-electron chi connectivity index (χ2n) is 8.57. The molecule has 1 atom stereocenters. The number of ether oxygens (including phenoxy) is 1. The minimum absolute atomic E-state index is 0.0155. The van der Waals surface area contributed by atoms with Crippen molar-refractivity contribution in [2.75, 3.05) is 13.7 Å². The highest BCUT2D eigenvalue weighted by molar-refractivity contribution is 5.98. The van der Waals surface area contributed by atoms with Crippen LogP contribution in [0, 0.1) is 0 Å². The molecule has 8 nitrogen and oxygen atoms in total. The molecular formula is C27H27N5O3. The van der Waals surface area contributed by atoms with Gasteiger partial charge in [0.1, 0.15) is 5.75 Å². The number of rotatable bonds is 6. The van der Waals surface area contributed by atoms with Crippen molar-refractivity contribution < 1.29 is 14.6 Å². The van der Waals surface area contributed by atoms with E-state index in [0.717, 1.165) is 36.7 Å². The molecule has 35 heavy (non-hydrogen) atoms. The molecule has 178 valence electrons. The number of fused-ring (bicyclic) bond motifs is 1. The predicted molar refractivity (Wildman–Crippen MR) is 133 cm³/mol. The molecular weight excluding hydrogens is 442 g/mol. The van der Waals surface area contributed by atoms with Crippen molar-refractivity contribution in [2.45, 2.75) is 32.0 Å². The van der Waals surface area contributed by atoms with Gasteiger partial charge in [-0.15, -0.1) is 10.2 Å². The molecule has 0 radical (unpaired) electrons. The summed E-state index contributed by atoms with van der Waals surface area (Å²) in [5.41, 5.74) is 2.60. The molecule has 0 unspecified atom stereocenters. The van der Waals surface area contributed by atoms with Crippen LogP contribution in [0.4, 0.5) is 5.69 Å². The lowest BCUT2D eigenvalue weighted by Crippen LogP contribution is -2.34. The number of carbonyl (C=O) groups excluding carboxylic acids is 1. The van der Waals surface area contributed by atoms with Crippen LogP contribution in [0.25, 0.3) is 10.9 Å². The van der Waals surface area contributed by atoms with Gasteiger partial charge in [0.25, 0.3) is 5.91 Å². The van der Waals surface area contributed by atoms with Crippen LogP contribution in [-0.4, -0.2) is 39.1 Å². The molecule has 2 aromatic heterocycles. The molecule has 0 spiro atoms. The molecule has 1 aliphatic rings. The Morgan fingerprint density at radius 2 is 1.94 bits per heavy atom. The topological polar surface area (TPSA) is 92.3 Å². The molecule has 2 aromatic carbocycles. The third-order valence-electron chi connectivity index (χ3n) is 6.50. The first-order valence-electron chi connectivity index (χ1n) is 11.7. The summed E-state index contributed by atoms with van der Waals surface area (Å²) in [5.74, 6) is -0.126. The summed E-state index contributed by atoms with van der Waals surface area (Å²) < 4.78 is 7.10. The highest BCUT2D eigenvalue weighted by atomic mass is 16.5. The third-order valence-corrected chi connectivity index (χ3v) is 6.50. The highest BCUT2D eigenvalue weighted by Crippen LogP contribution is 2.40. The van der Waals surface area contributed by atoms with E-state index in [0.29, 0.717) is 18.0 Å². The summed E-state index contributed by atoms with van der Waals surface area (Å²) in [6, 6.07) is 18.8. The van der Waals surface area contributed by atoms with E-state index in [4.69, 9.17) is 4.74 Å². The number of aromatic nitrogens is 2. The molecule has 1 fully saturated rings. The maximum absolute atomic E-state index is 12.7. The van der Waals surface area contributed by atoms with E-state index in [1.165, 1.54) is 12.7 Å². The fraction of sp³-hybridized carbons (Fsp3) is 0.259. The van der Waals surface area contributed by atoms with E-state index in [-0.39, 0.29) is 17.6 Å². The lowest BCUT2D eigenvalue weighted by molar-refractivity contribution is 0.0992. The monoisotopic (exact) mass is 469 g/mol. The second kappa shape index (κ2) is 10.1. The Kier molecular flexibility index (Phi) is 6.54. The van der Waals surface area contributed by atoms with Gasteiger partial charge < -0.3 is 9.84 Å². The first-order chi connectivity index (χ1) is 17.2. The van der Waals surface area contributed by atoms with E-state index in [1.807, 2.05) is 41.1 Å². The zero-order valence-electron chi connectivity index (χ0n) is 19.5. The van der Waals surface area contributed by atoms with Gasteiger partial charge >= 0.3 is 0 Å². The molecule has 1 amide bonds. The van der Waals surface area contributed by atoms with Crippen molar-refractivity contribution in [3.63, 3.8) is 0 Å². The molecule has 0 bridgehead atoms. The van der Waals surface area contributed by atoms with Crippen molar-refractivity contribution in [3.8, 4) is 11.6 Å². The number of aromatic hydroxyl groups is 1. The van der Waals surface area contributed by atoms with Crippen molar-refractivity contribution in [1.82, 2.24) is 14.5 Å². The van der Waals surface area contributed by atoms with Gasteiger partial charge in [-0.3, -0.25) is 19.2 Å².